The number of piperidine rings is 1. The van der Waals surface area contributed by atoms with Gasteiger partial charge >= 0.3 is 0 Å². The fourth-order valence-electron chi connectivity index (χ4n) is 3.33. The average molecular weight is 309 g/mol. The zero-order chi connectivity index (χ0) is 16.3. The van der Waals surface area contributed by atoms with Gasteiger partial charge in [-0.3, -0.25) is 9.69 Å². The maximum atomic E-state index is 12.6. The van der Waals surface area contributed by atoms with Gasteiger partial charge in [0.2, 0.25) is 0 Å². The Kier molecular flexibility index (Phi) is 4.60. The molecule has 0 bridgehead atoms. The first-order chi connectivity index (χ1) is 11.1. The summed E-state index contributed by atoms with van der Waals surface area (Å²) in [5, 5.41) is 10.9. The molecule has 2 aromatic carbocycles. The van der Waals surface area contributed by atoms with E-state index in [9.17, 15) is 9.90 Å². The third-order valence-electron chi connectivity index (χ3n) is 4.92. The van der Waals surface area contributed by atoms with Crippen LogP contribution in [0, 0.1) is 0 Å². The molecule has 0 radical (unpaired) electrons. The summed E-state index contributed by atoms with van der Waals surface area (Å²) in [6, 6.07) is 19.1. The number of rotatable bonds is 4. The molecular formula is C20H23NO2. The van der Waals surface area contributed by atoms with E-state index in [1.54, 1.807) is 0 Å². The van der Waals surface area contributed by atoms with E-state index in [1.807, 2.05) is 67.6 Å². The second-order valence-electron chi connectivity index (χ2n) is 6.34. The summed E-state index contributed by atoms with van der Waals surface area (Å²) in [6.07, 6.45) is 1.31. The van der Waals surface area contributed by atoms with Crippen LogP contribution in [0.25, 0.3) is 0 Å². The molecule has 1 N–H and O–H groups in total. The lowest BCUT2D eigenvalue weighted by Gasteiger charge is -2.40. The van der Waals surface area contributed by atoms with Gasteiger partial charge in [-0.05, 0) is 25.3 Å². The third kappa shape index (κ3) is 3.36. The van der Waals surface area contributed by atoms with Gasteiger partial charge in [0.15, 0.2) is 5.78 Å². The Morgan fingerprint density at radius 2 is 1.52 bits per heavy atom. The quantitative estimate of drug-likeness (QED) is 0.882. The molecule has 1 fully saturated rings. The largest absolute Gasteiger partial charge is 0.385 e. The molecule has 0 spiro atoms. The van der Waals surface area contributed by atoms with E-state index in [-0.39, 0.29) is 11.8 Å². The van der Waals surface area contributed by atoms with Crippen molar-refractivity contribution in [2.45, 2.75) is 31.4 Å². The predicted molar refractivity (Wildman–Crippen MR) is 91.4 cm³/mol. The fourth-order valence-corrected chi connectivity index (χ4v) is 3.33. The fraction of sp³-hybridized carbons (Fsp3) is 0.350. The summed E-state index contributed by atoms with van der Waals surface area (Å²) in [5.41, 5.74) is 0.957. The van der Waals surface area contributed by atoms with Gasteiger partial charge in [-0.1, -0.05) is 60.7 Å². The molecule has 120 valence electrons. The first kappa shape index (κ1) is 15.9. The summed E-state index contributed by atoms with van der Waals surface area (Å²) in [5.74, 6) is 0.149. The zero-order valence-electron chi connectivity index (χ0n) is 13.5. The van der Waals surface area contributed by atoms with Crippen LogP contribution in [-0.4, -0.2) is 34.9 Å². The minimum atomic E-state index is -0.771. The maximum absolute atomic E-state index is 12.6. The second kappa shape index (κ2) is 6.65. The third-order valence-corrected chi connectivity index (χ3v) is 4.92. The van der Waals surface area contributed by atoms with Crippen molar-refractivity contribution in [3.63, 3.8) is 0 Å². The Morgan fingerprint density at radius 1 is 1.00 bits per heavy atom. The van der Waals surface area contributed by atoms with Crippen LogP contribution in [0.1, 0.15) is 35.7 Å². The van der Waals surface area contributed by atoms with E-state index in [2.05, 4.69) is 4.90 Å². The number of carbonyl (C=O) groups is 1. The SMILES string of the molecule is CC(C(=O)c1ccccc1)N1CCC(O)(c2ccccc2)CC1. The molecule has 2 aromatic rings. The molecule has 23 heavy (non-hydrogen) atoms. The van der Waals surface area contributed by atoms with E-state index in [0.29, 0.717) is 12.8 Å². The lowest BCUT2D eigenvalue weighted by Crippen LogP contribution is -2.48. The van der Waals surface area contributed by atoms with Crippen LogP contribution in [0.3, 0.4) is 0 Å². The van der Waals surface area contributed by atoms with Crippen LogP contribution >= 0.6 is 0 Å². The Bertz CT molecular complexity index is 646. The minimum Gasteiger partial charge on any atom is -0.385 e. The summed E-state index contributed by atoms with van der Waals surface area (Å²) >= 11 is 0. The molecular weight excluding hydrogens is 286 g/mol. The Balaban J connectivity index is 1.66. The maximum Gasteiger partial charge on any atom is 0.179 e. The van der Waals surface area contributed by atoms with E-state index in [0.717, 1.165) is 24.2 Å². The molecule has 0 saturated carbocycles. The molecule has 0 aromatic heterocycles. The van der Waals surface area contributed by atoms with Crippen LogP contribution in [0.15, 0.2) is 60.7 Å². The molecule has 3 nitrogen and oxygen atoms in total. The van der Waals surface area contributed by atoms with Gasteiger partial charge in [0.1, 0.15) is 0 Å². The van der Waals surface area contributed by atoms with E-state index >= 15 is 0 Å². The van der Waals surface area contributed by atoms with Gasteiger partial charge in [0.25, 0.3) is 0 Å². The highest BCUT2D eigenvalue weighted by atomic mass is 16.3. The van der Waals surface area contributed by atoms with Gasteiger partial charge in [-0.25, -0.2) is 0 Å². The minimum absolute atomic E-state index is 0.149. The van der Waals surface area contributed by atoms with Gasteiger partial charge in [0, 0.05) is 18.7 Å². The first-order valence-corrected chi connectivity index (χ1v) is 8.21. The number of benzene rings is 2. The zero-order valence-corrected chi connectivity index (χ0v) is 13.5. The first-order valence-electron chi connectivity index (χ1n) is 8.21. The standard InChI is InChI=1S/C20H23NO2/c1-16(19(22)17-8-4-2-5-9-17)21-14-12-20(23,13-15-21)18-10-6-3-7-11-18/h2-11,16,23H,12-15H2,1H3. The highest BCUT2D eigenvalue weighted by Gasteiger charge is 2.36. The number of carbonyl (C=O) groups excluding carboxylic acids is 1. The lowest BCUT2D eigenvalue weighted by molar-refractivity contribution is -0.0318. The van der Waals surface area contributed by atoms with E-state index < -0.39 is 5.60 Å². The van der Waals surface area contributed by atoms with Crippen LogP contribution in [0.2, 0.25) is 0 Å². The highest BCUT2D eigenvalue weighted by molar-refractivity contribution is 5.99. The smallest absolute Gasteiger partial charge is 0.179 e. The summed E-state index contributed by atoms with van der Waals surface area (Å²) < 4.78 is 0. The van der Waals surface area contributed by atoms with E-state index in [4.69, 9.17) is 0 Å². The molecule has 1 saturated heterocycles. The van der Waals surface area contributed by atoms with Gasteiger partial charge in [-0.2, -0.15) is 0 Å². The van der Waals surface area contributed by atoms with Crippen molar-refractivity contribution < 1.29 is 9.90 Å². The average Bonchev–Trinajstić information content (AvgIpc) is 2.63. The molecule has 1 unspecified atom stereocenters. The van der Waals surface area contributed by atoms with Crippen LogP contribution in [0.4, 0.5) is 0 Å². The molecule has 3 heteroatoms. The number of hydrogen-bond acceptors (Lipinski definition) is 3. The van der Waals surface area contributed by atoms with Crippen molar-refractivity contribution in [2.24, 2.45) is 0 Å². The van der Waals surface area contributed by atoms with Gasteiger partial charge in [0.05, 0.1) is 11.6 Å². The topological polar surface area (TPSA) is 40.5 Å². The molecule has 3 rings (SSSR count). The molecule has 1 aliphatic heterocycles. The number of nitrogens with zero attached hydrogens (tertiary/aromatic N) is 1. The normalized spacial score (nSPS) is 19.2. The number of Topliss-reactive ketones (excluding diaryl/α,β-unsaturated/α-hetero) is 1. The summed E-state index contributed by atoms with van der Waals surface area (Å²) in [7, 11) is 0. The van der Waals surface area contributed by atoms with E-state index in [1.165, 1.54) is 0 Å². The number of likely N-dealkylation sites (tertiary alicyclic amines) is 1. The van der Waals surface area contributed by atoms with Gasteiger partial charge in [-0.15, -0.1) is 0 Å². The predicted octanol–water partition coefficient (Wildman–Crippen LogP) is 3.24. The number of ketones is 1. The van der Waals surface area contributed by atoms with Crippen molar-refractivity contribution in [2.75, 3.05) is 13.1 Å². The molecule has 1 aliphatic rings. The Hall–Kier alpha value is -1.97. The Morgan fingerprint density at radius 3 is 2.09 bits per heavy atom. The monoisotopic (exact) mass is 309 g/mol. The van der Waals surface area contributed by atoms with Crippen molar-refractivity contribution >= 4 is 5.78 Å². The summed E-state index contributed by atoms with van der Waals surface area (Å²) in [6.45, 7) is 3.42. The van der Waals surface area contributed by atoms with Crippen molar-refractivity contribution in [3.8, 4) is 0 Å². The summed E-state index contributed by atoms with van der Waals surface area (Å²) in [4.78, 5) is 14.7. The lowest BCUT2D eigenvalue weighted by atomic mass is 9.84. The van der Waals surface area contributed by atoms with Crippen molar-refractivity contribution in [1.82, 2.24) is 4.90 Å². The number of aliphatic hydroxyl groups is 1. The van der Waals surface area contributed by atoms with Crippen LogP contribution < -0.4 is 0 Å². The second-order valence-corrected chi connectivity index (χ2v) is 6.34. The molecule has 1 atom stereocenters. The van der Waals surface area contributed by atoms with Crippen molar-refractivity contribution in [1.29, 1.82) is 0 Å². The molecule has 0 amide bonds. The molecule has 0 aliphatic carbocycles. The van der Waals surface area contributed by atoms with Crippen LogP contribution in [-0.2, 0) is 5.60 Å². The molecule has 1 heterocycles. The van der Waals surface area contributed by atoms with Gasteiger partial charge < -0.3 is 5.11 Å². The van der Waals surface area contributed by atoms with Crippen molar-refractivity contribution in [3.05, 3.63) is 71.8 Å². The highest BCUT2D eigenvalue weighted by Crippen LogP contribution is 2.33. The van der Waals surface area contributed by atoms with Crippen LogP contribution in [0.5, 0.6) is 0 Å². The Labute approximate surface area is 137 Å². The number of hydrogen-bond donors (Lipinski definition) is 1.